The molecule has 0 amide bonds. The molecule has 0 fully saturated rings. The topological polar surface area (TPSA) is 66.8 Å². The summed E-state index contributed by atoms with van der Waals surface area (Å²) in [6, 6.07) is 0. The highest BCUT2D eigenvalue weighted by Crippen LogP contribution is 1.94. The molecule has 0 aliphatic rings. The molecule has 0 saturated carbocycles. The van der Waals surface area contributed by atoms with Gasteiger partial charge in [-0.05, 0) is 12.5 Å². The maximum atomic E-state index is 9.77. The summed E-state index contributed by atoms with van der Waals surface area (Å²) < 4.78 is 21.7. The van der Waals surface area contributed by atoms with E-state index in [9.17, 15) is 4.21 Å². The van der Waals surface area contributed by atoms with Crippen LogP contribution >= 0.6 is 0 Å². The molecule has 0 aromatic heterocycles. The van der Waals surface area contributed by atoms with E-state index >= 15 is 0 Å². The molecule has 0 aromatic rings. The molecule has 0 heterocycles. The van der Waals surface area contributed by atoms with Crippen molar-refractivity contribution in [3.05, 3.63) is 12.0 Å². The second-order valence-corrected chi connectivity index (χ2v) is 1.85. The van der Waals surface area contributed by atoms with Gasteiger partial charge in [-0.15, -0.1) is 0 Å². The van der Waals surface area contributed by atoms with Gasteiger partial charge in [-0.2, -0.15) is 4.21 Å². The van der Waals surface area contributed by atoms with Gasteiger partial charge in [0, 0.05) is 0 Å². The Hall–Kier alpha value is -0.550. The molecular formula is C4H8O4S. The van der Waals surface area contributed by atoms with Crippen LogP contribution in [-0.2, 0) is 15.5 Å². The van der Waals surface area contributed by atoms with Gasteiger partial charge in [0.2, 0.25) is 0 Å². The largest absolute Gasteiger partial charge is 0.480 e. The Bertz CT molecular complexity index is 131. The fourth-order valence-corrected chi connectivity index (χ4v) is 0.496. The molecule has 0 aliphatic heterocycles. The number of hydrogen-bond acceptors (Lipinski definition) is 3. The molecule has 0 rings (SSSR count). The van der Waals surface area contributed by atoms with Gasteiger partial charge in [0.05, 0.1) is 0 Å². The standard InChI is InChI=1S/C4H8O4S/c1-2-3-4(5)8-9(6)7/h3,5H,2H2,1H3,(H,6,7). The quantitative estimate of drug-likeness (QED) is 0.466. The number of hydrogen-bond donors (Lipinski definition) is 2. The molecule has 0 radical (unpaired) electrons. The lowest BCUT2D eigenvalue weighted by molar-refractivity contribution is 0.208. The van der Waals surface area contributed by atoms with E-state index in [0.29, 0.717) is 6.42 Å². The summed E-state index contributed by atoms with van der Waals surface area (Å²) in [6.45, 7) is 1.76. The first kappa shape index (κ1) is 8.45. The van der Waals surface area contributed by atoms with Crippen molar-refractivity contribution in [1.82, 2.24) is 0 Å². The lowest BCUT2D eigenvalue weighted by Crippen LogP contribution is -1.93. The molecule has 0 spiro atoms. The molecule has 1 unspecified atom stereocenters. The fraction of sp³-hybridized carbons (Fsp3) is 0.500. The number of rotatable bonds is 3. The predicted molar refractivity (Wildman–Crippen MR) is 32.9 cm³/mol. The van der Waals surface area contributed by atoms with E-state index in [1.165, 1.54) is 6.08 Å². The molecule has 9 heavy (non-hydrogen) atoms. The van der Waals surface area contributed by atoms with Crippen molar-refractivity contribution >= 4 is 11.4 Å². The van der Waals surface area contributed by atoms with Crippen LogP contribution in [0.15, 0.2) is 12.0 Å². The zero-order valence-corrected chi connectivity index (χ0v) is 5.72. The Morgan fingerprint density at radius 1 is 1.89 bits per heavy atom. The number of aliphatic hydroxyl groups is 1. The van der Waals surface area contributed by atoms with Gasteiger partial charge in [0.25, 0.3) is 5.95 Å². The average Bonchev–Trinajstić information content (AvgIpc) is 1.63. The van der Waals surface area contributed by atoms with Crippen molar-refractivity contribution in [2.75, 3.05) is 0 Å². The summed E-state index contributed by atoms with van der Waals surface area (Å²) in [7, 11) is 0. The summed E-state index contributed by atoms with van der Waals surface area (Å²) in [5.41, 5.74) is 0. The van der Waals surface area contributed by atoms with Crippen LogP contribution in [0, 0.1) is 0 Å². The van der Waals surface area contributed by atoms with Gasteiger partial charge < -0.3 is 9.29 Å². The Balaban J connectivity index is 3.62. The van der Waals surface area contributed by atoms with Crippen molar-refractivity contribution in [1.29, 1.82) is 0 Å². The van der Waals surface area contributed by atoms with Crippen LogP contribution in [0.25, 0.3) is 0 Å². The third kappa shape index (κ3) is 5.32. The second-order valence-electron chi connectivity index (χ2n) is 1.25. The minimum atomic E-state index is -2.42. The molecular weight excluding hydrogens is 144 g/mol. The van der Waals surface area contributed by atoms with Crippen LogP contribution in [0.2, 0.25) is 0 Å². The summed E-state index contributed by atoms with van der Waals surface area (Å²) in [5, 5.41) is 8.51. The first-order valence-electron chi connectivity index (χ1n) is 2.35. The van der Waals surface area contributed by atoms with E-state index in [4.69, 9.17) is 9.66 Å². The third-order valence-electron chi connectivity index (χ3n) is 0.535. The minimum absolute atomic E-state index is 0.515. The molecule has 0 aliphatic carbocycles. The Labute approximate surface area is 55.6 Å². The Kier molecular flexibility index (Phi) is 4.08. The molecule has 0 aromatic carbocycles. The lowest BCUT2D eigenvalue weighted by atomic mass is 10.5. The summed E-state index contributed by atoms with van der Waals surface area (Å²) in [4.78, 5) is 0. The van der Waals surface area contributed by atoms with Crippen molar-refractivity contribution in [3.8, 4) is 0 Å². The third-order valence-corrected chi connectivity index (χ3v) is 0.849. The normalized spacial score (nSPS) is 15.1. The van der Waals surface area contributed by atoms with Gasteiger partial charge >= 0.3 is 11.4 Å². The number of allylic oxidation sites excluding steroid dienone is 1. The number of aliphatic hydroxyl groups excluding tert-OH is 1. The van der Waals surface area contributed by atoms with E-state index in [0.717, 1.165) is 0 Å². The molecule has 2 N–H and O–H groups in total. The maximum absolute atomic E-state index is 9.77. The minimum Gasteiger partial charge on any atom is -0.480 e. The van der Waals surface area contributed by atoms with Crippen LogP contribution in [-0.4, -0.2) is 13.9 Å². The van der Waals surface area contributed by atoms with E-state index in [1.807, 2.05) is 0 Å². The first-order chi connectivity index (χ1) is 4.16. The Morgan fingerprint density at radius 2 is 2.44 bits per heavy atom. The van der Waals surface area contributed by atoms with E-state index in [1.54, 1.807) is 6.92 Å². The lowest BCUT2D eigenvalue weighted by Gasteiger charge is -1.94. The molecule has 54 valence electrons. The zero-order chi connectivity index (χ0) is 7.28. The van der Waals surface area contributed by atoms with Crippen molar-refractivity contribution in [3.63, 3.8) is 0 Å². The SMILES string of the molecule is CCC=C(O)OS(=O)O. The van der Waals surface area contributed by atoms with Gasteiger partial charge in [-0.1, -0.05) is 6.92 Å². The fourth-order valence-electron chi connectivity index (χ4n) is 0.282. The van der Waals surface area contributed by atoms with Crippen molar-refractivity contribution in [2.45, 2.75) is 13.3 Å². The highest BCUT2D eigenvalue weighted by molar-refractivity contribution is 7.74. The molecule has 5 heteroatoms. The van der Waals surface area contributed by atoms with E-state index in [2.05, 4.69) is 4.18 Å². The average molecular weight is 152 g/mol. The predicted octanol–water partition coefficient (Wildman–Crippen LogP) is 0.949. The van der Waals surface area contributed by atoms with Gasteiger partial charge in [0.1, 0.15) is 0 Å². The first-order valence-corrected chi connectivity index (χ1v) is 3.38. The summed E-state index contributed by atoms with van der Waals surface area (Å²) >= 11 is -2.42. The highest BCUT2D eigenvalue weighted by Gasteiger charge is 1.95. The van der Waals surface area contributed by atoms with E-state index < -0.39 is 17.3 Å². The van der Waals surface area contributed by atoms with Crippen LogP contribution in [0.1, 0.15) is 13.3 Å². The van der Waals surface area contributed by atoms with Crippen LogP contribution in [0.4, 0.5) is 0 Å². The summed E-state index contributed by atoms with van der Waals surface area (Å²) in [6.07, 6.45) is 1.84. The maximum Gasteiger partial charge on any atom is 0.360 e. The molecule has 0 bridgehead atoms. The summed E-state index contributed by atoms with van der Waals surface area (Å²) in [5.74, 6) is -0.515. The molecule has 0 saturated heterocycles. The molecule has 1 atom stereocenters. The van der Waals surface area contributed by atoms with E-state index in [-0.39, 0.29) is 0 Å². The smallest absolute Gasteiger partial charge is 0.360 e. The van der Waals surface area contributed by atoms with Crippen LogP contribution in [0.3, 0.4) is 0 Å². The van der Waals surface area contributed by atoms with Crippen molar-refractivity contribution in [2.24, 2.45) is 0 Å². The Morgan fingerprint density at radius 3 is 2.78 bits per heavy atom. The molecule has 4 nitrogen and oxygen atoms in total. The van der Waals surface area contributed by atoms with Gasteiger partial charge in [-0.3, -0.25) is 4.55 Å². The van der Waals surface area contributed by atoms with Gasteiger partial charge in [-0.25, -0.2) is 0 Å². The van der Waals surface area contributed by atoms with Crippen LogP contribution < -0.4 is 0 Å². The zero-order valence-electron chi connectivity index (χ0n) is 4.90. The van der Waals surface area contributed by atoms with Crippen molar-refractivity contribution < 1.29 is 18.1 Å². The highest BCUT2D eigenvalue weighted by atomic mass is 32.2. The monoisotopic (exact) mass is 152 g/mol. The second kappa shape index (κ2) is 4.34. The van der Waals surface area contributed by atoms with Gasteiger partial charge in [0.15, 0.2) is 0 Å². The van der Waals surface area contributed by atoms with Crippen LogP contribution in [0.5, 0.6) is 0 Å².